The second-order valence-corrected chi connectivity index (χ2v) is 7.55. The molecule has 0 N–H and O–H groups in total. The zero-order valence-electron chi connectivity index (χ0n) is 19.0. The lowest BCUT2D eigenvalue weighted by Crippen LogP contribution is -2.46. The molecular weight excluding hydrogens is 416 g/mol. The van der Waals surface area contributed by atoms with E-state index in [0.717, 1.165) is 22.3 Å². The molecule has 1 aliphatic rings. The van der Waals surface area contributed by atoms with E-state index in [1.807, 2.05) is 72.8 Å². The lowest BCUT2D eigenvalue weighted by atomic mass is 9.74. The number of benzene rings is 3. The molecule has 3 aromatic rings. The van der Waals surface area contributed by atoms with Gasteiger partial charge in [0.25, 0.3) is 0 Å². The standard InChI is InChI=1S/C28H26O5/c1-4-32-26(29)28(27(30)33-5-2)22-17-11-9-15-20(22)24(21-16-10-12-18-23(21)31-3)25(28)19-13-7-6-8-14-19/h6-18H,4-5H2,1-3H3. The highest BCUT2D eigenvalue weighted by Crippen LogP contribution is 2.55. The molecule has 0 radical (unpaired) electrons. The summed E-state index contributed by atoms with van der Waals surface area (Å²) in [7, 11) is 1.60. The summed E-state index contributed by atoms with van der Waals surface area (Å²) in [6.07, 6.45) is 0. The van der Waals surface area contributed by atoms with Crippen LogP contribution in [-0.2, 0) is 24.5 Å². The van der Waals surface area contributed by atoms with Gasteiger partial charge in [-0.2, -0.15) is 0 Å². The van der Waals surface area contributed by atoms with Crippen LogP contribution in [0.4, 0.5) is 0 Å². The van der Waals surface area contributed by atoms with Crippen LogP contribution in [-0.4, -0.2) is 32.3 Å². The lowest BCUT2D eigenvalue weighted by molar-refractivity contribution is -0.161. The summed E-state index contributed by atoms with van der Waals surface area (Å²) in [6, 6.07) is 24.5. The monoisotopic (exact) mass is 442 g/mol. The van der Waals surface area contributed by atoms with Gasteiger partial charge in [-0.05, 0) is 42.2 Å². The third-order valence-corrected chi connectivity index (χ3v) is 5.83. The summed E-state index contributed by atoms with van der Waals surface area (Å²) in [4.78, 5) is 27.5. The highest BCUT2D eigenvalue weighted by molar-refractivity contribution is 6.27. The molecule has 0 unspecified atom stereocenters. The normalized spacial score (nSPS) is 13.9. The Morgan fingerprint density at radius 2 is 1.27 bits per heavy atom. The van der Waals surface area contributed by atoms with Crippen molar-refractivity contribution in [2.45, 2.75) is 19.3 Å². The summed E-state index contributed by atoms with van der Waals surface area (Å²) in [5.41, 5.74) is 2.34. The molecule has 0 atom stereocenters. The first-order valence-electron chi connectivity index (χ1n) is 11.0. The second-order valence-electron chi connectivity index (χ2n) is 7.55. The predicted octanol–water partition coefficient (Wildman–Crippen LogP) is 5.03. The maximum Gasteiger partial charge on any atom is 0.332 e. The molecule has 0 spiro atoms. The van der Waals surface area contributed by atoms with Gasteiger partial charge in [0.05, 0.1) is 20.3 Å². The zero-order chi connectivity index (χ0) is 23.4. The summed E-state index contributed by atoms with van der Waals surface area (Å²) in [6.45, 7) is 3.72. The molecule has 0 saturated carbocycles. The SMILES string of the molecule is CCOC(=O)C1(C(=O)OCC)C(c2ccccc2)=C(c2ccccc2OC)c2ccccc21. The van der Waals surface area contributed by atoms with Gasteiger partial charge in [-0.25, -0.2) is 0 Å². The van der Waals surface area contributed by atoms with E-state index >= 15 is 0 Å². The first-order valence-corrected chi connectivity index (χ1v) is 11.0. The molecule has 3 aromatic carbocycles. The maximum absolute atomic E-state index is 13.8. The van der Waals surface area contributed by atoms with Gasteiger partial charge < -0.3 is 14.2 Å². The van der Waals surface area contributed by atoms with Gasteiger partial charge in [0.2, 0.25) is 5.41 Å². The number of hydrogen-bond donors (Lipinski definition) is 0. The fourth-order valence-electron chi connectivity index (χ4n) is 4.57. The van der Waals surface area contributed by atoms with Crippen LogP contribution in [0.25, 0.3) is 11.1 Å². The fraction of sp³-hybridized carbons (Fsp3) is 0.214. The number of methoxy groups -OCH3 is 1. The predicted molar refractivity (Wildman–Crippen MR) is 127 cm³/mol. The first kappa shape index (κ1) is 22.3. The quantitative estimate of drug-likeness (QED) is 0.379. The number of carbonyl (C=O) groups is 2. The Morgan fingerprint density at radius 1 is 0.727 bits per heavy atom. The first-order chi connectivity index (χ1) is 16.1. The van der Waals surface area contributed by atoms with E-state index in [1.54, 1.807) is 27.0 Å². The van der Waals surface area contributed by atoms with Crippen molar-refractivity contribution in [1.82, 2.24) is 0 Å². The van der Waals surface area contributed by atoms with Gasteiger partial charge in [-0.1, -0.05) is 72.8 Å². The van der Waals surface area contributed by atoms with Gasteiger partial charge in [-0.3, -0.25) is 9.59 Å². The number of ether oxygens (including phenoxy) is 3. The Kier molecular flexibility index (Phi) is 6.31. The molecule has 0 amide bonds. The average molecular weight is 443 g/mol. The summed E-state index contributed by atoms with van der Waals surface area (Å²) >= 11 is 0. The molecule has 4 rings (SSSR count). The van der Waals surface area contributed by atoms with Crippen molar-refractivity contribution >= 4 is 23.1 Å². The summed E-state index contributed by atoms with van der Waals surface area (Å²) in [5.74, 6) is -0.668. The van der Waals surface area contributed by atoms with Crippen molar-refractivity contribution < 1.29 is 23.8 Å². The third kappa shape index (κ3) is 3.50. The van der Waals surface area contributed by atoms with Crippen molar-refractivity contribution in [3.8, 4) is 5.75 Å². The molecule has 5 nitrogen and oxygen atoms in total. The third-order valence-electron chi connectivity index (χ3n) is 5.83. The van der Waals surface area contributed by atoms with Crippen LogP contribution in [0.5, 0.6) is 5.75 Å². The summed E-state index contributed by atoms with van der Waals surface area (Å²) < 4.78 is 16.8. The highest BCUT2D eigenvalue weighted by atomic mass is 16.6. The van der Waals surface area contributed by atoms with E-state index < -0.39 is 17.4 Å². The molecule has 1 aliphatic carbocycles. The number of hydrogen-bond acceptors (Lipinski definition) is 5. The van der Waals surface area contributed by atoms with E-state index in [2.05, 4.69) is 0 Å². The number of esters is 2. The van der Waals surface area contributed by atoms with Crippen molar-refractivity contribution in [1.29, 1.82) is 0 Å². The Hall–Kier alpha value is -3.86. The molecule has 0 aromatic heterocycles. The van der Waals surface area contributed by atoms with Crippen LogP contribution < -0.4 is 4.74 Å². The zero-order valence-corrected chi connectivity index (χ0v) is 19.0. The van der Waals surface area contributed by atoms with E-state index in [1.165, 1.54) is 0 Å². The molecule has 33 heavy (non-hydrogen) atoms. The minimum absolute atomic E-state index is 0.133. The average Bonchev–Trinajstić information content (AvgIpc) is 3.17. The second kappa shape index (κ2) is 9.33. The van der Waals surface area contributed by atoms with Crippen molar-refractivity contribution in [2.75, 3.05) is 20.3 Å². The van der Waals surface area contributed by atoms with Gasteiger partial charge in [0.1, 0.15) is 5.75 Å². The van der Waals surface area contributed by atoms with Crippen LogP contribution in [0, 0.1) is 0 Å². The summed E-state index contributed by atoms with van der Waals surface area (Å²) in [5, 5.41) is 0. The van der Waals surface area contributed by atoms with Crippen LogP contribution in [0.15, 0.2) is 78.9 Å². The van der Waals surface area contributed by atoms with Gasteiger partial charge >= 0.3 is 11.9 Å². The van der Waals surface area contributed by atoms with Crippen molar-refractivity contribution in [3.63, 3.8) is 0 Å². The molecule has 0 saturated heterocycles. The van der Waals surface area contributed by atoms with Crippen molar-refractivity contribution in [2.24, 2.45) is 0 Å². The Balaban J connectivity index is 2.20. The smallest absolute Gasteiger partial charge is 0.332 e. The van der Waals surface area contributed by atoms with Crippen LogP contribution in [0.3, 0.4) is 0 Å². The van der Waals surface area contributed by atoms with E-state index in [4.69, 9.17) is 14.2 Å². The maximum atomic E-state index is 13.8. The number of carbonyl (C=O) groups excluding carboxylic acids is 2. The molecule has 0 aliphatic heterocycles. The lowest BCUT2D eigenvalue weighted by Gasteiger charge is -2.29. The molecule has 5 heteroatoms. The van der Waals surface area contributed by atoms with E-state index in [0.29, 0.717) is 16.9 Å². The molecule has 168 valence electrons. The van der Waals surface area contributed by atoms with Gasteiger partial charge in [-0.15, -0.1) is 0 Å². The van der Waals surface area contributed by atoms with E-state index in [-0.39, 0.29) is 13.2 Å². The Morgan fingerprint density at radius 3 is 1.88 bits per heavy atom. The minimum Gasteiger partial charge on any atom is -0.496 e. The van der Waals surface area contributed by atoms with Crippen molar-refractivity contribution in [3.05, 3.63) is 101 Å². The molecular formula is C28H26O5. The fourth-order valence-corrected chi connectivity index (χ4v) is 4.57. The molecule has 0 fully saturated rings. The Labute approximate surface area is 193 Å². The number of rotatable bonds is 7. The highest BCUT2D eigenvalue weighted by Gasteiger charge is 2.59. The minimum atomic E-state index is -1.76. The van der Waals surface area contributed by atoms with Gasteiger partial charge in [0, 0.05) is 11.1 Å². The molecule has 0 heterocycles. The van der Waals surface area contributed by atoms with Gasteiger partial charge in [0.15, 0.2) is 0 Å². The van der Waals surface area contributed by atoms with Crippen LogP contribution in [0.2, 0.25) is 0 Å². The largest absolute Gasteiger partial charge is 0.496 e. The molecule has 0 bridgehead atoms. The Bertz CT molecular complexity index is 1190. The number of fused-ring (bicyclic) bond motifs is 1. The van der Waals surface area contributed by atoms with E-state index in [9.17, 15) is 9.59 Å². The number of para-hydroxylation sites is 1. The van der Waals surface area contributed by atoms with Crippen LogP contribution >= 0.6 is 0 Å². The van der Waals surface area contributed by atoms with Crippen LogP contribution in [0.1, 0.15) is 36.1 Å². The topological polar surface area (TPSA) is 61.8 Å².